The molecule has 110 valence electrons. The Morgan fingerprint density at radius 2 is 2.23 bits per heavy atom. The van der Waals surface area contributed by atoms with Gasteiger partial charge in [-0.2, -0.15) is 0 Å². The van der Waals surface area contributed by atoms with Crippen LogP contribution in [0.15, 0.2) is 30.3 Å². The predicted molar refractivity (Wildman–Crippen MR) is 73.8 cm³/mol. The van der Waals surface area contributed by atoms with Crippen LogP contribution in [-0.2, 0) is 4.79 Å². The number of benzene rings is 1. The highest BCUT2D eigenvalue weighted by atomic mass is 16.5. The molecule has 1 atom stereocenters. The highest BCUT2D eigenvalue weighted by Crippen LogP contribution is 2.37. The van der Waals surface area contributed by atoms with E-state index in [4.69, 9.17) is 9.47 Å². The molecule has 0 amide bonds. The van der Waals surface area contributed by atoms with Crippen LogP contribution in [0.2, 0.25) is 0 Å². The molecular formula is C14H11N5O3. The van der Waals surface area contributed by atoms with Crippen LogP contribution in [0.25, 0.3) is 5.65 Å². The van der Waals surface area contributed by atoms with E-state index in [1.54, 1.807) is 18.2 Å². The molecule has 8 heteroatoms. The van der Waals surface area contributed by atoms with Crippen LogP contribution in [0.4, 0.5) is 0 Å². The first-order chi connectivity index (χ1) is 10.7. The van der Waals surface area contributed by atoms with Gasteiger partial charge >= 0.3 is 5.97 Å². The number of carbonyl (C=O) groups excluding carboxylic acids is 1. The van der Waals surface area contributed by atoms with Gasteiger partial charge in [-0.1, -0.05) is 13.0 Å². The van der Waals surface area contributed by atoms with Gasteiger partial charge in [0.2, 0.25) is 5.88 Å². The molecule has 0 spiro atoms. The Bertz CT molecular complexity index is 876. The molecule has 0 saturated heterocycles. The number of ether oxygens (including phenoxy) is 2. The van der Waals surface area contributed by atoms with Gasteiger partial charge in [0.05, 0.1) is 6.42 Å². The summed E-state index contributed by atoms with van der Waals surface area (Å²) < 4.78 is 12.2. The van der Waals surface area contributed by atoms with E-state index in [1.807, 2.05) is 19.1 Å². The van der Waals surface area contributed by atoms with Crippen molar-refractivity contribution in [2.45, 2.75) is 19.3 Å². The zero-order chi connectivity index (χ0) is 15.1. The average Bonchev–Trinajstić information content (AvgIpc) is 2.94. The summed E-state index contributed by atoms with van der Waals surface area (Å²) in [6.45, 7) is 1.99. The van der Waals surface area contributed by atoms with Gasteiger partial charge in [0.15, 0.2) is 5.65 Å². The van der Waals surface area contributed by atoms with E-state index in [9.17, 15) is 4.79 Å². The quantitative estimate of drug-likeness (QED) is 0.525. The smallest absolute Gasteiger partial charge is 0.311 e. The average molecular weight is 297 g/mol. The van der Waals surface area contributed by atoms with Gasteiger partial charge in [-0.15, -0.1) is 14.8 Å². The van der Waals surface area contributed by atoms with Gasteiger partial charge in [-0.3, -0.25) is 4.79 Å². The number of esters is 1. The second-order valence-electron chi connectivity index (χ2n) is 5.08. The summed E-state index contributed by atoms with van der Waals surface area (Å²) in [5.41, 5.74) is 1.52. The summed E-state index contributed by atoms with van der Waals surface area (Å²) in [5, 5.41) is 15.1. The maximum absolute atomic E-state index is 11.5. The lowest BCUT2D eigenvalue weighted by Crippen LogP contribution is -2.18. The van der Waals surface area contributed by atoms with Crippen molar-refractivity contribution in [1.29, 1.82) is 0 Å². The first kappa shape index (κ1) is 12.7. The number of carbonyl (C=O) groups is 1. The number of fused-ring (bicyclic) bond motifs is 2. The summed E-state index contributed by atoms with van der Waals surface area (Å²) in [6.07, 6.45) is 0.394. The minimum Gasteiger partial charge on any atom is -0.437 e. The Morgan fingerprint density at radius 1 is 1.32 bits per heavy atom. The van der Waals surface area contributed by atoms with E-state index < -0.39 is 0 Å². The molecular weight excluding hydrogens is 286 g/mol. The summed E-state index contributed by atoms with van der Waals surface area (Å²) >= 11 is 0. The molecule has 4 rings (SSSR count). The standard InChI is InChI=1S/C14H11N5O3/c1-8-6-14(20)22-11-7-9(2-3-10(8)11)21-13-5-4-12-15-17-18-19(12)16-13/h2-5,7-8H,6H2,1H3. The first-order valence-electron chi connectivity index (χ1n) is 6.77. The molecule has 0 N–H and O–H groups in total. The second-order valence-corrected chi connectivity index (χ2v) is 5.08. The van der Waals surface area contributed by atoms with Crippen molar-refractivity contribution in [1.82, 2.24) is 25.3 Å². The summed E-state index contributed by atoms with van der Waals surface area (Å²) in [7, 11) is 0. The molecule has 0 radical (unpaired) electrons. The normalized spacial score (nSPS) is 17.1. The summed E-state index contributed by atoms with van der Waals surface area (Å²) in [4.78, 5) is 11.5. The molecule has 22 heavy (non-hydrogen) atoms. The Kier molecular flexibility index (Phi) is 2.75. The molecule has 2 aromatic heterocycles. The maximum Gasteiger partial charge on any atom is 0.311 e. The minimum atomic E-state index is -0.231. The lowest BCUT2D eigenvalue weighted by molar-refractivity contribution is -0.135. The van der Waals surface area contributed by atoms with Gasteiger partial charge in [0.1, 0.15) is 11.5 Å². The SMILES string of the molecule is CC1CC(=O)Oc2cc(Oc3ccc4nnnn4n3)ccc21. The van der Waals surface area contributed by atoms with Gasteiger partial charge in [0.25, 0.3) is 0 Å². The second kappa shape index (κ2) is 4.76. The van der Waals surface area contributed by atoms with Crippen molar-refractivity contribution in [3.05, 3.63) is 35.9 Å². The maximum atomic E-state index is 11.5. The number of rotatable bonds is 2. The molecule has 0 fully saturated rings. The Morgan fingerprint density at radius 3 is 3.14 bits per heavy atom. The lowest BCUT2D eigenvalue weighted by atomic mass is 9.95. The fraction of sp³-hybridized carbons (Fsp3) is 0.214. The lowest BCUT2D eigenvalue weighted by Gasteiger charge is -2.21. The molecule has 3 heterocycles. The summed E-state index contributed by atoms with van der Waals surface area (Å²) in [6, 6.07) is 8.77. The number of tetrazole rings is 1. The molecule has 1 aromatic carbocycles. The number of nitrogens with zero attached hydrogens (tertiary/aromatic N) is 5. The van der Waals surface area contributed by atoms with Crippen LogP contribution in [-0.4, -0.2) is 31.2 Å². The van der Waals surface area contributed by atoms with Gasteiger partial charge in [-0.05, 0) is 34.0 Å². The van der Waals surface area contributed by atoms with E-state index in [1.165, 1.54) is 4.63 Å². The van der Waals surface area contributed by atoms with Crippen LogP contribution in [0.3, 0.4) is 0 Å². The molecule has 8 nitrogen and oxygen atoms in total. The zero-order valence-electron chi connectivity index (χ0n) is 11.6. The van der Waals surface area contributed by atoms with Crippen LogP contribution < -0.4 is 9.47 Å². The van der Waals surface area contributed by atoms with Crippen molar-refractivity contribution < 1.29 is 14.3 Å². The van der Waals surface area contributed by atoms with Crippen molar-refractivity contribution >= 4 is 11.6 Å². The number of hydrogen-bond donors (Lipinski definition) is 0. The third-order valence-corrected chi connectivity index (χ3v) is 3.48. The highest BCUT2D eigenvalue weighted by Gasteiger charge is 2.24. The zero-order valence-corrected chi connectivity index (χ0v) is 11.6. The van der Waals surface area contributed by atoms with Crippen LogP contribution in [0, 0.1) is 0 Å². The van der Waals surface area contributed by atoms with Crippen molar-refractivity contribution in [2.24, 2.45) is 0 Å². The van der Waals surface area contributed by atoms with E-state index >= 15 is 0 Å². The molecule has 1 unspecified atom stereocenters. The van der Waals surface area contributed by atoms with E-state index in [-0.39, 0.29) is 11.9 Å². The number of aromatic nitrogens is 5. The minimum absolute atomic E-state index is 0.140. The Hall–Kier alpha value is -3.03. The molecule has 3 aromatic rings. The highest BCUT2D eigenvalue weighted by molar-refractivity contribution is 5.76. The van der Waals surface area contributed by atoms with E-state index in [2.05, 4.69) is 20.6 Å². The van der Waals surface area contributed by atoms with Crippen molar-refractivity contribution in [3.8, 4) is 17.4 Å². The third kappa shape index (κ3) is 2.14. The van der Waals surface area contributed by atoms with Crippen molar-refractivity contribution in [2.75, 3.05) is 0 Å². The molecule has 0 bridgehead atoms. The van der Waals surface area contributed by atoms with Gasteiger partial charge in [-0.25, -0.2) is 0 Å². The Balaban J connectivity index is 1.65. The van der Waals surface area contributed by atoms with E-state index in [0.717, 1.165) is 5.56 Å². The van der Waals surface area contributed by atoms with Crippen LogP contribution in [0.1, 0.15) is 24.8 Å². The van der Waals surface area contributed by atoms with Gasteiger partial charge < -0.3 is 9.47 Å². The van der Waals surface area contributed by atoms with Crippen LogP contribution >= 0.6 is 0 Å². The first-order valence-corrected chi connectivity index (χ1v) is 6.77. The molecule has 0 aliphatic carbocycles. The monoisotopic (exact) mass is 297 g/mol. The Labute approximate surface area is 124 Å². The third-order valence-electron chi connectivity index (χ3n) is 3.48. The predicted octanol–water partition coefficient (Wildman–Crippen LogP) is 1.72. The fourth-order valence-electron chi connectivity index (χ4n) is 2.41. The fourth-order valence-corrected chi connectivity index (χ4v) is 2.41. The summed E-state index contributed by atoms with van der Waals surface area (Å²) in [5.74, 6) is 1.31. The molecule has 0 saturated carbocycles. The topological polar surface area (TPSA) is 91.5 Å². The molecule has 1 aliphatic rings. The van der Waals surface area contributed by atoms with Crippen LogP contribution in [0.5, 0.6) is 17.4 Å². The largest absolute Gasteiger partial charge is 0.437 e. The van der Waals surface area contributed by atoms with Gasteiger partial charge in [0, 0.05) is 12.1 Å². The van der Waals surface area contributed by atoms with E-state index in [0.29, 0.717) is 29.4 Å². The number of hydrogen-bond acceptors (Lipinski definition) is 7. The van der Waals surface area contributed by atoms with Crippen molar-refractivity contribution in [3.63, 3.8) is 0 Å². The molecule has 1 aliphatic heterocycles.